The van der Waals surface area contributed by atoms with Crippen LogP contribution in [0.3, 0.4) is 0 Å². The van der Waals surface area contributed by atoms with Crippen molar-refractivity contribution >= 4 is 0 Å². The van der Waals surface area contributed by atoms with Gasteiger partial charge < -0.3 is 16.2 Å². The molecule has 3 rings (SSSR count). The van der Waals surface area contributed by atoms with Crippen LogP contribution in [0.25, 0.3) is 0 Å². The predicted octanol–water partition coefficient (Wildman–Crippen LogP) is -0.547. The van der Waals surface area contributed by atoms with Crippen molar-refractivity contribution in [2.75, 3.05) is 19.7 Å². The third-order valence-corrected chi connectivity index (χ3v) is 2.88. The molecule has 58 valence electrons. The Morgan fingerprint density at radius 3 is 2.20 bits per heavy atom. The topological polar surface area (TPSA) is 61.3 Å². The molecule has 0 aromatic rings. The summed E-state index contributed by atoms with van der Waals surface area (Å²) in [5.74, 6) is 0. The average Bonchev–Trinajstić information content (AvgIpc) is 2.40. The monoisotopic (exact) mass is 142 g/mol. The maximum absolute atomic E-state index is 5.60. The number of hydrogen-bond donors (Lipinski definition) is 2. The molecule has 10 heavy (non-hydrogen) atoms. The number of rotatable bonds is 2. The fourth-order valence-electron chi connectivity index (χ4n) is 2.23. The van der Waals surface area contributed by atoms with Gasteiger partial charge in [0.1, 0.15) is 0 Å². The zero-order valence-corrected chi connectivity index (χ0v) is 6.10. The van der Waals surface area contributed by atoms with Crippen molar-refractivity contribution in [1.82, 2.24) is 0 Å². The molecule has 0 radical (unpaired) electrons. The van der Waals surface area contributed by atoms with Crippen molar-refractivity contribution in [3.63, 3.8) is 0 Å². The van der Waals surface area contributed by atoms with Crippen molar-refractivity contribution in [2.24, 2.45) is 16.9 Å². The molecule has 3 nitrogen and oxygen atoms in total. The van der Waals surface area contributed by atoms with Crippen LogP contribution in [0, 0.1) is 5.41 Å². The summed E-state index contributed by atoms with van der Waals surface area (Å²) >= 11 is 0. The van der Waals surface area contributed by atoms with Crippen molar-refractivity contribution < 1.29 is 4.74 Å². The van der Waals surface area contributed by atoms with Crippen molar-refractivity contribution in [3.05, 3.63) is 0 Å². The number of ether oxygens (including phenoxy) is 1. The molecule has 0 atom stereocenters. The molecule has 0 aromatic heterocycles. The third kappa shape index (κ3) is 0.603. The van der Waals surface area contributed by atoms with Crippen LogP contribution in [-0.2, 0) is 4.74 Å². The number of nitrogens with two attached hydrogens (primary N) is 2. The summed E-state index contributed by atoms with van der Waals surface area (Å²) in [4.78, 5) is 0. The van der Waals surface area contributed by atoms with Crippen LogP contribution in [0.5, 0.6) is 0 Å². The Bertz CT molecular complexity index is 136. The highest BCUT2D eigenvalue weighted by Gasteiger charge is 2.60. The van der Waals surface area contributed by atoms with Gasteiger partial charge in [0, 0.05) is 18.5 Å². The second-order valence-electron chi connectivity index (χ2n) is 3.73. The molecule has 0 amide bonds. The quantitative estimate of drug-likeness (QED) is 0.544. The second-order valence-corrected chi connectivity index (χ2v) is 3.73. The summed E-state index contributed by atoms with van der Waals surface area (Å²) in [7, 11) is 0. The molecule has 1 aliphatic carbocycles. The fraction of sp³-hybridized carbons (Fsp3) is 1.00. The lowest BCUT2D eigenvalue weighted by molar-refractivity contribution is -0.00428. The molecular weight excluding hydrogens is 128 g/mol. The molecule has 3 aliphatic rings. The minimum atomic E-state index is 0.0410. The van der Waals surface area contributed by atoms with E-state index in [2.05, 4.69) is 0 Å². The molecule has 2 heterocycles. The zero-order valence-electron chi connectivity index (χ0n) is 6.10. The molecule has 4 N–H and O–H groups in total. The molecule has 0 aromatic carbocycles. The van der Waals surface area contributed by atoms with Gasteiger partial charge in [-0.25, -0.2) is 0 Å². The minimum Gasteiger partial charge on any atom is -0.373 e. The van der Waals surface area contributed by atoms with Gasteiger partial charge in [-0.2, -0.15) is 0 Å². The molecule has 2 saturated heterocycles. The maximum Gasteiger partial charge on any atom is 0.0817 e. The van der Waals surface area contributed by atoms with Gasteiger partial charge in [0.2, 0.25) is 0 Å². The lowest BCUT2D eigenvalue weighted by Gasteiger charge is -2.43. The molecule has 3 fully saturated rings. The Kier molecular flexibility index (Phi) is 1.14. The van der Waals surface area contributed by atoms with Gasteiger partial charge in [0.25, 0.3) is 0 Å². The normalized spacial score (nSPS) is 51.0. The largest absolute Gasteiger partial charge is 0.373 e. The second kappa shape index (κ2) is 1.72. The van der Waals surface area contributed by atoms with Crippen LogP contribution in [0.2, 0.25) is 0 Å². The van der Waals surface area contributed by atoms with Gasteiger partial charge in [-0.05, 0) is 12.8 Å². The Labute approximate surface area is 60.7 Å². The van der Waals surface area contributed by atoms with Crippen molar-refractivity contribution in [1.29, 1.82) is 0 Å². The van der Waals surface area contributed by atoms with Crippen LogP contribution in [-0.4, -0.2) is 25.3 Å². The Morgan fingerprint density at radius 2 is 1.90 bits per heavy atom. The summed E-state index contributed by atoms with van der Waals surface area (Å²) in [6.45, 7) is 2.25. The van der Waals surface area contributed by atoms with Crippen LogP contribution >= 0.6 is 0 Å². The maximum atomic E-state index is 5.60. The summed E-state index contributed by atoms with van der Waals surface area (Å²) in [5, 5.41) is 0. The van der Waals surface area contributed by atoms with Crippen molar-refractivity contribution in [2.45, 2.75) is 18.4 Å². The van der Waals surface area contributed by atoms with E-state index in [4.69, 9.17) is 16.2 Å². The molecule has 3 heteroatoms. The van der Waals surface area contributed by atoms with Gasteiger partial charge in [0.05, 0.1) is 12.2 Å². The van der Waals surface area contributed by atoms with E-state index in [1.165, 1.54) is 0 Å². The third-order valence-electron chi connectivity index (χ3n) is 2.88. The lowest BCUT2D eigenvalue weighted by atomic mass is 9.62. The SMILES string of the molecule is NCC12COC(CN)(C1)C2. The van der Waals surface area contributed by atoms with Crippen LogP contribution in [0.15, 0.2) is 0 Å². The van der Waals surface area contributed by atoms with Crippen molar-refractivity contribution in [3.8, 4) is 0 Å². The highest BCUT2D eigenvalue weighted by atomic mass is 16.5. The van der Waals surface area contributed by atoms with E-state index >= 15 is 0 Å². The smallest absolute Gasteiger partial charge is 0.0817 e. The first kappa shape index (κ1) is 6.58. The predicted molar refractivity (Wildman–Crippen MR) is 38.5 cm³/mol. The fourth-order valence-corrected chi connectivity index (χ4v) is 2.23. The minimum absolute atomic E-state index is 0.0410. The Hall–Kier alpha value is -0.120. The molecule has 2 bridgehead atoms. The highest BCUT2D eigenvalue weighted by Crippen LogP contribution is 2.56. The van der Waals surface area contributed by atoms with E-state index in [1.807, 2.05) is 0 Å². The van der Waals surface area contributed by atoms with Gasteiger partial charge in [-0.3, -0.25) is 0 Å². The van der Waals surface area contributed by atoms with Gasteiger partial charge >= 0.3 is 0 Å². The Balaban J connectivity index is 2.06. The summed E-state index contributed by atoms with van der Waals surface area (Å²) in [5.41, 5.74) is 11.5. The van der Waals surface area contributed by atoms with Gasteiger partial charge in [-0.15, -0.1) is 0 Å². The first-order valence-electron chi connectivity index (χ1n) is 3.78. The van der Waals surface area contributed by atoms with Gasteiger partial charge in [-0.1, -0.05) is 0 Å². The standard InChI is InChI=1S/C7H14N2O/c8-3-6-1-7(2-6,4-9)10-5-6/h1-5,8-9H2. The Morgan fingerprint density at radius 1 is 1.20 bits per heavy atom. The van der Waals surface area contributed by atoms with Crippen LogP contribution in [0.4, 0.5) is 0 Å². The summed E-state index contributed by atoms with van der Waals surface area (Å²) in [6, 6.07) is 0. The van der Waals surface area contributed by atoms with E-state index in [1.54, 1.807) is 0 Å². The zero-order chi connectivity index (χ0) is 7.24. The molecule has 0 unspecified atom stereocenters. The summed E-state index contributed by atoms with van der Waals surface area (Å²) < 4.78 is 5.55. The molecule has 2 aliphatic heterocycles. The average molecular weight is 142 g/mol. The summed E-state index contributed by atoms with van der Waals surface area (Å²) in [6.07, 6.45) is 2.18. The van der Waals surface area contributed by atoms with E-state index < -0.39 is 0 Å². The first-order valence-corrected chi connectivity index (χ1v) is 3.78. The highest BCUT2D eigenvalue weighted by molar-refractivity contribution is 5.11. The number of fused-ring (bicyclic) bond motifs is 1. The van der Waals surface area contributed by atoms with E-state index in [0.717, 1.165) is 26.0 Å². The molecule has 0 spiro atoms. The number of hydrogen-bond acceptors (Lipinski definition) is 3. The van der Waals surface area contributed by atoms with E-state index in [-0.39, 0.29) is 5.60 Å². The van der Waals surface area contributed by atoms with Crippen LogP contribution in [0.1, 0.15) is 12.8 Å². The molecule has 1 saturated carbocycles. The lowest BCUT2D eigenvalue weighted by Crippen LogP contribution is -2.52. The molecular formula is C7H14N2O. The van der Waals surface area contributed by atoms with Crippen LogP contribution < -0.4 is 11.5 Å². The van der Waals surface area contributed by atoms with E-state index in [0.29, 0.717) is 12.0 Å². The van der Waals surface area contributed by atoms with Gasteiger partial charge in [0.15, 0.2) is 0 Å². The first-order chi connectivity index (χ1) is 4.74. The van der Waals surface area contributed by atoms with E-state index in [9.17, 15) is 0 Å².